The van der Waals surface area contributed by atoms with Crippen molar-refractivity contribution in [2.75, 3.05) is 27.3 Å². The standard InChI is InChI=1S/C28H34F3N3O3.C26H29ClF3N3O3/c1-9-36-25(35)26(4,5)37-22-15-14-21(16-17(22)2)27(6,32-7)24-18(3)23(33-34(24)8)19-10-12-20(13-11-19)28(29,30)31;1-7-35-23(34)24(2,3)36-21-13-12-18(14-19(21)27)25(4,31-5)22-15-20(32-33(22)6)16-8-10-17(11-9-16)26(28,29)30/h10-16,32H,9H2,1-8H3;8-15,31H,7H2,1-6H3. The first-order chi connectivity index (χ1) is 33.9. The maximum absolute atomic E-state index is 13.0. The van der Waals surface area contributed by atoms with Crippen molar-refractivity contribution in [3.8, 4) is 34.0 Å². The Morgan fingerprint density at radius 2 is 1.03 bits per heavy atom. The van der Waals surface area contributed by atoms with Crippen molar-refractivity contribution in [2.24, 2.45) is 14.1 Å². The predicted molar refractivity (Wildman–Crippen MR) is 268 cm³/mol. The first-order valence-corrected chi connectivity index (χ1v) is 23.7. The summed E-state index contributed by atoms with van der Waals surface area (Å²) in [5.74, 6) is -0.0597. The number of alkyl halides is 6. The third kappa shape index (κ3) is 12.5. The van der Waals surface area contributed by atoms with Gasteiger partial charge in [-0.05, 0) is 149 Å². The molecule has 0 bridgehead atoms. The number of nitrogens with one attached hydrogen (secondary N) is 2. The molecule has 0 aliphatic heterocycles. The van der Waals surface area contributed by atoms with Crippen molar-refractivity contribution in [2.45, 2.75) is 104 Å². The van der Waals surface area contributed by atoms with Crippen LogP contribution in [0.4, 0.5) is 26.3 Å². The Morgan fingerprint density at radius 1 is 0.589 bits per heavy atom. The fourth-order valence-electron chi connectivity index (χ4n) is 8.36. The highest BCUT2D eigenvalue weighted by atomic mass is 35.5. The average molecular weight is 1040 g/mol. The van der Waals surface area contributed by atoms with Crippen LogP contribution in [-0.4, -0.2) is 70.0 Å². The van der Waals surface area contributed by atoms with Crippen LogP contribution in [0.15, 0.2) is 91.0 Å². The highest BCUT2D eigenvalue weighted by molar-refractivity contribution is 6.32. The van der Waals surface area contributed by atoms with Gasteiger partial charge < -0.3 is 29.6 Å². The van der Waals surface area contributed by atoms with Crippen molar-refractivity contribution >= 4 is 23.5 Å². The lowest BCUT2D eigenvalue weighted by molar-refractivity contribution is -0.159. The van der Waals surface area contributed by atoms with Gasteiger partial charge in [-0.2, -0.15) is 36.5 Å². The van der Waals surface area contributed by atoms with Crippen molar-refractivity contribution in [1.29, 1.82) is 0 Å². The first kappa shape index (κ1) is 57.5. The summed E-state index contributed by atoms with van der Waals surface area (Å²) in [5.41, 5.74) is 2.10. The minimum Gasteiger partial charge on any atom is -0.476 e. The lowest BCUT2D eigenvalue weighted by Crippen LogP contribution is -2.41. The van der Waals surface area contributed by atoms with Crippen LogP contribution in [0.25, 0.3) is 22.5 Å². The number of rotatable bonds is 16. The third-order valence-electron chi connectivity index (χ3n) is 12.7. The number of benzene rings is 4. The second-order valence-corrected chi connectivity index (χ2v) is 19.1. The molecular formula is C54H63ClF6N6O6. The number of aryl methyl sites for hydroxylation is 3. The third-order valence-corrected chi connectivity index (χ3v) is 13.0. The fourth-order valence-corrected chi connectivity index (χ4v) is 8.58. The van der Waals surface area contributed by atoms with Crippen LogP contribution in [-0.2, 0) is 56.6 Å². The molecule has 0 fully saturated rings. The maximum atomic E-state index is 13.0. The smallest absolute Gasteiger partial charge is 0.416 e. The number of nitrogens with zero attached hydrogens (tertiary/aromatic N) is 4. The number of aromatic nitrogens is 4. The van der Waals surface area contributed by atoms with Gasteiger partial charge in [-0.15, -0.1) is 0 Å². The van der Waals surface area contributed by atoms with Gasteiger partial charge in [0.1, 0.15) is 11.5 Å². The molecule has 2 atom stereocenters. The molecule has 394 valence electrons. The van der Waals surface area contributed by atoms with E-state index in [9.17, 15) is 35.9 Å². The van der Waals surface area contributed by atoms with E-state index in [-0.39, 0.29) is 13.2 Å². The van der Waals surface area contributed by atoms with Crippen LogP contribution in [0.3, 0.4) is 0 Å². The Bertz CT molecular complexity index is 2910. The van der Waals surface area contributed by atoms with Crippen LogP contribution >= 0.6 is 11.6 Å². The summed E-state index contributed by atoms with van der Waals surface area (Å²) in [6.45, 7) is 18.3. The van der Waals surface area contributed by atoms with Gasteiger partial charge >= 0.3 is 24.3 Å². The number of ether oxygens (including phenoxy) is 4. The topological polar surface area (TPSA) is 131 Å². The summed E-state index contributed by atoms with van der Waals surface area (Å²) in [6, 6.07) is 22.7. The molecule has 0 aliphatic rings. The van der Waals surface area contributed by atoms with E-state index in [1.165, 1.54) is 24.3 Å². The minimum atomic E-state index is -4.40. The van der Waals surface area contributed by atoms with E-state index in [4.69, 9.17) is 30.5 Å². The quantitative estimate of drug-likeness (QED) is 0.0714. The van der Waals surface area contributed by atoms with Crippen molar-refractivity contribution < 1.29 is 54.9 Å². The SMILES string of the molecule is CCOC(=O)C(C)(C)Oc1ccc(C(C)(NC)c2c(C)c(-c3ccc(C(F)(F)F)cc3)nn2C)cc1C.CCOC(=O)C(C)(C)Oc1ccc(C(C)(NC)c2cc(-c3ccc(C(F)(F)F)cc3)nn2C)cc1Cl. The highest BCUT2D eigenvalue weighted by Gasteiger charge is 2.38. The zero-order valence-corrected chi connectivity index (χ0v) is 44.2. The number of esters is 2. The van der Waals surface area contributed by atoms with Gasteiger partial charge in [0, 0.05) is 30.8 Å². The Morgan fingerprint density at radius 3 is 1.47 bits per heavy atom. The maximum Gasteiger partial charge on any atom is 0.416 e. The zero-order chi connectivity index (χ0) is 54.6. The van der Waals surface area contributed by atoms with Crippen molar-refractivity contribution in [1.82, 2.24) is 30.2 Å². The van der Waals surface area contributed by atoms with Gasteiger partial charge in [-0.25, -0.2) is 9.59 Å². The molecule has 6 rings (SSSR count). The molecule has 73 heavy (non-hydrogen) atoms. The second kappa shape index (κ2) is 22.0. The van der Waals surface area contributed by atoms with Crippen LogP contribution in [0.2, 0.25) is 5.02 Å². The fraction of sp³-hybridized carbons (Fsp3) is 0.407. The van der Waals surface area contributed by atoms with E-state index >= 15 is 0 Å². The van der Waals surface area contributed by atoms with Crippen molar-refractivity contribution in [3.63, 3.8) is 0 Å². The minimum absolute atomic E-state index is 0.234. The molecule has 2 unspecified atom stereocenters. The average Bonchev–Trinajstić information content (AvgIpc) is 3.87. The molecule has 2 aromatic heterocycles. The normalized spacial score (nSPS) is 13.8. The van der Waals surface area contributed by atoms with Gasteiger partial charge in [0.15, 0.2) is 11.2 Å². The van der Waals surface area contributed by atoms with E-state index in [1.54, 1.807) is 77.1 Å². The molecular weight excluding hydrogens is 978 g/mol. The first-order valence-electron chi connectivity index (χ1n) is 23.3. The molecule has 0 radical (unpaired) electrons. The molecule has 0 spiro atoms. The van der Waals surface area contributed by atoms with Gasteiger partial charge in [-0.3, -0.25) is 9.36 Å². The van der Waals surface area contributed by atoms with Gasteiger partial charge in [0.05, 0.1) is 63.2 Å². The Hall–Kier alpha value is -6.37. The Kier molecular flexibility index (Phi) is 17.3. The summed E-state index contributed by atoms with van der Waals surface area (Å²) in [7, 11) is 7.21. The Labute approximate surface area is 427 Å². The molecule has 0 aliphatic carbocycles. The van der Waals surface area contributed by atoms with Gasteiger partial charge in [-0.1, -0.05) is 54.1 Å². The number of hydrogen-bond acceptors (Lipinski definition) is 10. The van der Waals surface area contributed by atoms with Crippen molar-refractivity contribution in [3.05, 3.63) is 141 Å². The monoisotopic (exact) mass is 1040 g/mol. The van der Waals surface area contributed by atoms with Gasteiger partial charge in [0.25, 0.3) is 0 Å². The lowest BCUT2D eigenvalue weighted by atomic mass is 9.85. The van der Waals surface area contributed by atoms with E-state index in [0.717, 1.165) is 57.9 Å². The summed E-state index contributed by atoms with van der Waals surface area (Å²) in [6.07, 6.45) is -8.80. The lowest BCUT2D eigenvalue weighted by Gasteiger charge is -2.32. The van der Waals surface area contributed by atoms with Crippen LogP contribution < -0.4 is 20.1 Å². The molecule has 0 saturated carbocycles. The largest absolute Gasteiger partial charge is 0.476 e. The molecule has 0 amide bonds. The highest BCUT2D eigenvalue weighted by Crippen LogP contribution is 2.40. The molecule has 6 aromatic rings. The van der Waals surface area contributed by atoms with E-state index < -0.39 is 57.7 Å². The number of halogens is 7. The summed E-state index contributed by atoms with van der Waals surface area (Å²) in [5, 5.41) is 16.2. The second-order valence-electron chi connectivity index (χ2n) is 18.7. The predicted octanol–water partition coefficient (Wildman–Crippen LogP) is 11.9. The van der Waals surface area contributed by atoms with E-state index in [2.05, 4.69) is 20.8 Å². The van der Waals surface area contributed by atoms with Crippen LogP contribution in [0.5, 0.6) is 11.5 Å². The molecule has 12 nitrogen and oxygen atoms in total. The molecule has 19 heteroatoms. The summed E-state index contributed by atoms with van der Waals surface area (Å²) in [4.78, 5) is 24.5. The van der Waals surface area contributed by atoms with E-state index in [1.807, 2.05) is 72.1 Å². The number of carbonyl (C=O) groups excluding carboxylic acids is 2. The van der Waals surface area contributed by atoms with Crippen LogP contribution in [0, 0.1) is 13.8 Å². The number of carbonyl (C=O) groups is 2. The molecule has 0 saturated heterocycles. The Balaban J connectivity index is 0.000000271. The van der Waals surface area contributed by atoms with E-state index in [0.29, 0.717) is 39.0 Å². The van der Waals surface area contributed by atoms with Crippen LogP contribution in [0.1, 0.15) is 100 Å². The molecule has 2 heterocycles. The van der Waals surface area contributed by atoms with Gasteiger partial charge in [0.2, 0.25) is 0 Å². The summed E-state index contributed by atoms with van der Waals surface area (Å²) >= 11 is 6.54. The molecule has 4 aromatic carbocycles. The summed E-state index contributed by atoms with van der Waals surface area (Å²) < 4.78 is 103. The number of hydrogen-bond donors (Lipinski definition) is 2. The zero-order valence-electron chi connectivity index (χ0n) is 43.5. The molecule has 2 N–H and O–H groups in total.